The van der Waals surface area contributed by atoms with Crippen molar-refractivity contribution in [2.45, 2.75) is 0 Å². The van der Waals surface area contributed by atoms with Gasteiger partial charge in [-0.05, 0) is 0 Å². The first kappa shape index (κ1) is 22.4. The van der Waals surface area contributed by atoms with Crippen LogP contribution in [-0.4, -0.2) is 71.8 Å². The van der Waals surface area contributed by atoms with E-state index in [4.69, 9.17) is 19.2 Å². The maximum absolute atomic E-state index is 8.55. The van der Waals surface area contributed by atoms with E-state index in [9.17, 15) is 0 Å². The van der Waals surface area contributed by atoms with Gasteiger partial charge in [0.1, 0.15) is 0 Å². The molecule has 0 aromatic heterocycles. The molecule has 0 bridgehead atoms. The van der Waals surface area contributed by atoms with Crippen LogP contribution in [0.1, 0.15) is 0 Å². The van der Waals surface area contributed by atoms with Crippen LogP contribution >= 0.6 is 7.82 Å². The van der Waals surface area contributed by atoms with Crippen molar-refractivity contribution >= 4 is 79.6 Å². The van der Waals surface area contributed by atoms with Crippen LogP contribution < -0.4 is 14.7 Å². The van der Waals surface area contributed by atoms with Gasteiger partial charge in [-0.3, -0.25) is 0 Å². The van der Waals surface area contributed by atoms with E-state index >= 15 is 0 Å². The van der Waals surface area contributed by atoms with Gasteiger partial charge in [-0.25, -0.2) is 0 Å². The third-order valence-corrected chi connectivity index (χ3v) is 0. The van der Waals surface area contributed by atoms with Gasteiger partial charge in [0.25, 0.3) is 0 Å². The fraction of sp³-hybridized carbons (Fsp3) is 0. The summed E-state index contributed by atoms with van der Waals surface area (Å²) in [5.74, 6) is 0. The summed E-state index contributed by atoms with van der Waals surface area (Å²) in [7, 11) is -5.39. The first-order chi connectivity index (χ1) is 2.00. The third kappa shape index (κ3) is 81.6. The molecule has 0 rings (SSSR count). The molecule has 0 aliphatic heterocycles. The van der Waals surface area contributed by atoms with Crippen LogP contribution in [0, 0.1) is 0 Å². The second-order valence-corrected chi connectivity index (χ2v) is 1.34. The predicted molar refractivity (Wildman–Crippen MR) is 24.9 cm³/mol. The van der Waals surface area contributed by atoms with Gasteiger partial charge in [0.05, 0.1) is 0 Å². The summed E-state index contributed by atoms with van der Waals surface area (Å²) in [6, 6.07) is 0. The minimum atomic E-state index is -5.39. The molecule has 0 amide bonds. The summed E-state index contributed by atoms with van der Waals surface area (Å²) < 4.78 is 8.55. The topological polar surface area (TPSA) is 86.2 Å². The van der Waals surface area contributed by atoms with Crippen molar-refractivity contribution < 1.29 is 19.2 Å². The first-order valence-corrected chi connectivity index (χ1v) is 2.19. The van der Waals surface area contributed by atoms with Crippen LogP contribution in [0.3, 0.4) is 0 Å². The van der Waals surface area contributed by atoms with E-state index in [1.54, 1.807) is 0 Å². The van der Waals surface area contributed by atoms with Gasteiger partial charge in [0, 0.05) is 0 Å². The van der Waals surface area contributed by atoms with E-state index in [0.717, 1.165) is 0 Å². The first-order valence-electron chi connectivity index (χ1n) is 0.730. The summed E-state index contributed by atoms with van der Waals surface area (Å²) >= 11 is 0. The van der Waals surface area contributed by atoms with Crippen molar-refractivity contribution in [2.24, 2.45) is 0 Å². The standard InChI is InChI=1S/Ca.Mg.H3O4P.Si/c;;1-5(2,3)4;/h;;(H3,1,2,3,4);/q2*+2;;+4/p-3. The molecule has 8 heteroatoms. The number of hydrogen-bond donors (Lipinski definition) is 0. The maximum atomic E-state index is 8.55. The number of rotatable bonds is 0. The average molecular weight is 187 g/mol. The van der Waals surface area contributed by atoms with Crippen molar-refractivity contribution in [3.05, 3.63) is 0 Å². The van der Waals surface area contributed by atoms with E-state index in [1.807, 2.05) is 0 Å². The Balaban J connectivity index is -0.0000000267. The molecule has 0 saturated carbocycles. The van der Waals surface area contributed by atoms with Gasteiger partial charge in [-0.2, -0.15) is 7.82 Å². The quantitative estimate of drug-likeness (QED) is 0.286. The van der Waals surface area contributed by atoms with Crippen molar-refractivity contribution in [3.8, 4) is 0 Å². The molecule has 0 heterocycles. The van der Waals surface area contributed by atoms with E-state index in [2.05, 4.69) is 0 Å². The van der Waals surface area contributed by atoms with E-state index in [-0.39, 0.29) is 71.8 Å². The largest absolute Gasteiger partial charge is 4.00 e. The van der Waals surface area contributed by atoms with Crippen LogP contribution in [0.4, 0.5) is 0 Å². The summed E-state index contributed by atoms with van der Waals surface area (Å²) in [5.41, 5.74) is 0. The molecule has 0 atom stereocenters. The molecule has 32 valence electrons. The smallest absolute Gasteiger partial charge is 0.822 e. The normalized spacial score (nSPS) is 7.38. The van der Waals surface area contributed by atoms with Gasteiger partial charge >= 0.3 is 71.8 Å². The van der Waals surface area contributed by atoms with Crippen molar-refractivity contribution in [1.29, 1.82) is 0 Å². The number of hydrogen-bond acceptors (Lipinski definition) is 4. The van der Waals surface area contributed by atoms with Crippen molar-refractivity contribution in [1.82, 2.24) is 0 Å². The summed E-state index contributed by atoms with van der Waals surface area (Å²) in [4.78, 5) is 25.6. The Morgan fingerprint density at radius 1 is 1.12 bits per heavy atom. The minimum absolute atomic E-state index is 0. The summed E-state index contributed by atoms with van der Waals surface area (Å²) in [5, 5.41) is 0. The third-order valence-electron chi connectivity index (χ3n) is 0. The molecule has 0 spiro atoms. The monoisotopic (exact) mass is 187 g/mol. The average Bonchev–Trinajstić information content (AvgIpc) is 0.722. The molecule has 0 fully saturated rings. The predicted octanol–water partition coefficient (Wildman–Crippen LogP) is -3.97. The molecule has 0 aromatic carbocycles. The Bertz CT molecular complexity index is 62.2. The molecule has 0 unspecified atom stereocenters. The minimum Gasteiger partial charge on any atom is -0.822 e. The second kappa shape index (κ2) is 9.35. The zero-order chi connectivity index (χ0) is 4.50. The molecular weight excluding hydrogens is 187 g/mol. The van der Waals surface area contributed by atoms with Crippen LogP contribution in [0.5, 0.6) is 0 Å². The zero-order valence-electron chi connectivity index (χ0n) is 3.99. The van der Waals surface area contributed by atoms with E-state index in [0.29, 0.717) is 0 Å². The van der Waals surface area contributed by atoms with Gasteiger partial charge in [-0.1, -0.05) is 0 Å². The maximum Gasteiger partial charge on any atom is 4.00 e. The molecule has 0 aromatic rings. The Morgan fingerprint density at radius 2 is 1.12 bits per heavy atom. The van der Waals surface area contributed by atoms with Gasteiger partial charge in [0.15, 0.2) is 0 Å². The molecule has 0 N–H and O–H groups in total. The summed E-state index contributed by atoms with van der Waals surface area (Å²) in [6.07, 6.45) is 0. The van der Waals surface area contributed by atoms with Crippen LogP contribution in [0.15, 0.2) is 0 Å². The fourth-order valence-corrected chi connectivity index (χ4v) is 0. The van der Waals surface area contributed by atoms with Crippen molar-refractivity contribution in [3.63, 3.8) is 0 Å². The van der Waals surface area contributed by atoms with Gasteiger partial charge in [0.2, 0.25) is 0 Å². The Hall–Kier alpha value is 2.35. The van der Waals surface area contributed by atoms with E-state index < -0.39 is 7.82 Å². The van der Waals surface area contributed by atoms with Crippen molar-refractivity contribution in [2.75, 3.05) is 0 Å². The Kier molecular flexibility index (Phi) is 26.2. The summed E-state index contributed by atoms with van der Waals surface area (Å²) in [6.45, 7) is 0. The molecule has 0 radical (unpaired) electrons. The molecule has 0 saturated heterocycles. The number of phosphoric acid groups is 1. The second-order valence-electron chi connectivity index (χ2n) is 0.447. The van der Waals surface area contributed by atoms with Crippen LogP contribution in [0.2, 0.25) is 0 Å². The van der Waals surface area contributed by atoms with Gasteiger partial charge in [-0.15, -0.1) is 0 Å². The van der Waals surface area contributed by atoms with Gasteiger partial charge < -0.3 is 19.2 Å². The fourth-order valence-electron chi connectivity index (χ4n) is 0. The Labute approximate surface area is 97.5 Å². The zero-order valence-corrected chi connectivity index (χ0v) is 9.51. The molecule has 0 aliphatic carbocycles. The molecule has 8 heavy (non-hydrogen) atoms. The van der Waals surface area contributed by atoms with Crippen LogP contribution in [0.25, 0.3) is 0 Å². The molecular formula is CaMgO4PSi+5. The molecule has 4 nitrogen and oxygen atoms in total. The Morgan fingerprint density at radius 3 is 1.12 bits per heavy atom. The molecule has 0 aliphatic rings. The van der Waals surface area contributed by atoms with Crippen LogP contribution in [-0.2, 0) is 4.57 Å². The van der Waals surface area contributed by atoms with E-state index in [1.165, 1.54) is 0 Å². The SMILES string of the molecule is O=P([O-])([O-])[O-].[Ca+2].[Mg+2].[Si+4].